The Kier molecular flexibility index (Phi) is 5.48. The number of aromatic nitrogens is 3. The van der Waals surface area contributed by atoms with Crippen LogP contribution in [0.3, 0.4) is 0 Å². The molecule has 3 aromatic heterocycles. The molecule has 1 saturated heterocycles. The Morgan fingerprint density at radius 1 is 1.17 bits per heavy atom. The van der Waals surface area contributed by atoms with E-state index in [1.54, 1.807) is 19.2 Å². The van der Waals surface area contributed by atoms with E-state index in [1.165, 1.54) is 10.6 Å². The van der Waals surface area contributed by atoms with Gasteiger partial charge in [-0.15, -0.1) is 0 Å². The molecule has 0 bridgehead atoms. The smallest absolute Gasteiger partial charge is 0.252 e. The number of piperazine rings is 1. The van der Waals surface area contributed by atoms with Crippen LogP contribution in [-0.4, -0.2) is 72.2 Å². The topological polar surface area (TPSA) is 113 Å². The highest BCUT2D eigenvalue weighted by molar-refractivity contribution is 7.88. The lowest BCUT2D eigenvalue weighted by Gasteiger charge is -2.34. The van der Waals surface area contributed by atoms with Crippen LogP contribution in [-0.2, 0) is 16.4 Å². The van der Waals surface area contributed by atoms with Gasteiger partial charge in [0.25, 0.3) is 5.91 Å². The van der Waals surface area contributed by atoms with Crippen molar-refractivity contribution >= 4 is 27.3 Å². The lowest BCUT2D eigenvalue weighted by molar-refractivity contribution is 0.0953. The van der Waals surface area contributed by atoms with E-state index >= 15 is 0 Å². The van der Waals surface area contributed by atoms with Crippen LogP contribution in [0.1, 0.15) is 22.1 Å². The Balaban J connectivity index is 1.44. The van der Waals surface area contributed by atoms with Crippen molar-refractivity contribution < 1.29 is 17.7 Å². The van der Waals surface area contributed by atoms with Gasteiger partial charge >= 0.3 is 0 Å². The fraction of sp³-hybridized carbons (Fsp3) is 0.421. The zero-order chi connectivity index (χ0) is 21.3. The highest BCUT2D eigenvalue weighted by atomic mass is 32.2. The second kappa shape index (κ2) is 8.07. The summed E-state index contributed by atoms with van der Waals surface area (Å²) >= 11 is 0. The van der Waals surface area contributed by atoms with Crippen LogP contribution in [0.15, 0.2) is 35.0 Å². The molecule has 1 aliphatic rings. The average molecular weight is 433 g/mol. The number of fused-ring (bicyclic) bond motifs is 1. The number of carbonyl (C=O) groups excluding carboxylic acids is 1. The van der Waals surface area contributed by atoms with E-state index in [0.29, 0.717) is 56.4 Å². The van der Waals surface area contributed by atoms with Gasteiger partial charge in [0, 0.05) is 50.9 Å². The molecule has 1 N–H and O–H groups in total. The molecule has 1 fully saturated rings. The molecule has 1 aliphatic heterocycles. The van der Waals surface area contributed by atoms with Gasteiger partial charge in [-0.1, -0.05) is 5.16 Å². The van der Waals surface area contributed by atoms with E-state index in [-0.39, 0.29) is 5.91 Å². The zero-order valence-electron chi connectivity index (χ0n) is 16.9. The van der Waals surface area contributed by atoms with Crippen LogP contribution < -0.4 is 10.2 Å². The molecule has 3 aromatic rings. The number of hydrogen-bond donors (Lipinski definition) is 1. The third-order valence-electron chi connectivity index (χ3n) is 5.12. The minimum Gasteiger partial charge on any atom is -0.355 e. The molecule has 11 heteroatoms. The molecule has 0 spiro atoms. The summed E-state index contributed by atoms with van der Waals surface area (Å²) in [5.41, 5.74) is 1.50. The third-order valence-corrected chi connectivity index (χ3v) is 6.42. The van der Waals surface area contributed by atoms with Crippen molar-refractivity contribution in [3.8, 4) is 0 Å². The molecule has 0 radical (unpaired) electrons. The van der Waals surface area contributed by atoms with Crippen molar-refractivity contribution in [2.24, 2.45) is 0 Å². The van der Waals surface area contributed by atoms with Crippen LogP contribution in [0.4, 0.5) is 5.82 Å². The predicted octanol–water partition coefficient (Wildman–Crippen LogP) is 0.685. The number of amides is 1. The molecule has 0 aliphatic carbocycles. The summed E-state index contributed by atoms with van der Waals surface area (Å²) in [5.74, 6) is 1.81. The maximum Gasteiger partial charge on any atom is 0.252 e. The number of sulfonamides is 1. The van der Waals surface area contributed by atoms with E-state index in [9.17, 15) is 13.2 Å². The van der Waals surface area contributed by atoms with Crippen LogP contribution in [0, 0.1) is 6.92 Å². The number of hydrogen-bond acceptors (Lipinski definition) is 7. The Morgan fingerprint density at radius 2 is 1.90 bits per heavy atom. The highest BCUT2D eigenvalue weighted by Gasteiger charge is 2.24. The normalized spacial score (nSPS) is 15.6. The summed E-state index contributed by atoms with van der Waals surface area (Å²) in [7, 11) is -3.17. The molecule has 4 rings (SSSR count). The van der Waals surface area contributed by atoms with Gasteiger partial charge < -0.3 is 19.1 Å². The Morgan fingerprint density at radius 3 is 2.57 bits per heavy atom. The van der Waals surface area contributed by atoms with E-state index < -0.39 is 10.0 Å². The maximum absolute atomic E-state index is 12.6. The largest absolute Gasteiger partial charge is 0.355 e. The Labute approximate surface area is 174 Å². The van der Waals surface area contributed by atoms with Gasteiger partial charge in [0.2, 0.25) is 15.9 Å². The molecule has 0 saturated carbocycles. The lowest BCUT2D eigenvalue weighted by atomic mass is 10.2. The van der Waals surface area contributed by atoms with Crippen LogP contribution >= 0.6 is 0 Å². The Bertz CT molecular complexity index is 1160. The maximum atomic E-state index is 12.6. The van der Waals surface area contributed by atoms with Crippen LogP contribution in [0.5, 0.6) is 0 Å². The van der Waals surface area contributed by atoms with E-state index in [4.69, 9.17) is 4.52 Å². The number of nitrogens with zero attached hydrogens (tertiary/aromatic N) is 5. The first-order valence-electron chi connectivity index (χ1n) is 9.70. The molecule has 0 atom stereocenters. The minimum atomic E-state index is -3.17. The number of pyridine rings is 1. The van der Waals surface area contributed by atoms with Gasteiger partial charge in [0.1, 0.15) is 5.82 Å². The number of rotatable bonds is 6. The molecule has 4 heterocycles. The molecule has 0 unspecified atom stereocenters. The van der Waals surface area contributed by atoms with E-state index in [0.717, 1.165) is 11.3 Å². The summed E-state index contributed by atoms with van der Waals surface area (Å²) in [6.07, 6.45) is 3.51. The predicted molar refractivity (Wildman–Crippen MR) is 111 cm³/mol. The van der Waals surface area contributed by atoms with Crippen molar-refractivity contribution in [1.82, 2.24) is 24.2 Å². The van der Waals surface area contributed by atoms with Crippen molar-refractivity contribution in [2.45, 2.75) is 13.3 Å². The van der Waals surface area contributed by atoms with Crippen molar-refractivity contribution in [1.29, 1.82) is 0 Å². The minimum absolute atomic E-state index is 0.185. The molecule has 160 valence electrons. The zero-order valence-corrected chi connectivity index (χ0v) is 17.7. The van der Waals surface area contributed by atoms with Crippen LogP contribution in [0.25, 0.3) is 5.52 Å². The second-order valence-corrected chi connectivity index (χ2v) is 9.28. The number of anilines is 1. The first kappa shape index (κ1) is 20.4. The van der Waals surface area contributed by atoms with Gasteiger partial charge in [-0.25, -0.2) is 8.42 Å². The summed E-state index contributed by atoms with van der Waals surface area (Å²) in [4.78, 5) is 18.8. The van der Waals surface area contributed by atoms with Crippen LogP contribution in [0.2, 0.25) is 0 Å². The van der Waals surface area contributed by atoms with Gasteiger partial charge in [-0.3, -0.25) is 4.79 Å². The average Bonchev–Trinajstić information content (AvgIpc) is 3.33. The quantitative estimate of drug-likeness (QED) is 0.610. The number of aryl methyl sites for hydroxylation is 1. The first-order valence-corrected chi connectivity index (χ1v) is 11.5. The summed E-state index contributed by atoms with van der Waals surface area (Å²) in [6, 6.07) is 7.66. The molecule has 10 nitrogen and oxygen atoms in total. The van der Waals surface area contributed by atoms with E-state index in [2.05, 4.69) is 20.4 Å². The molecular weight excluding hydrogens is 408 g/mol. The fourth-order valence-electron chi connectivity index (χ4n) is 3.55. The van der Waals surface area contributed by atoms with Crippen molar-refractivity contribution in [3.63, 3.8) is 0 Å². The second-order valence-electron chi connectivity index (χ2n) is 7.29. The number of nitrogens with one attached hydrogen (secondary N) is 1. The van der Waals surface area contributed by atoms with Crippen molar-refractivity contribution in [2.75, 3.05) is 43.9 Å². The third kappa shape index (κ3) is 4.31. The lowest BCUT2D eigenvalue weighted by Crippen LogP contribution is -2.48. The summed E-state index contributed by atoms with van der Waals surface area (Å²) < 4.78 is 32.0. The highest BCUT2D eigenvalue weighted by Crippen LogP contribution is 2.22. The monoisotopic (exact) mass is 432 g/mol. The first-order chi connectivity index (χ1) is 14.3. The molecular formula is C19H24N6O4S. The SMILES string of the molecule is Cc1noc(CCNC(=O)c2ccc3ccc(N4CCN(S(C)(=O)=O)CC4)n3c2)n1. The number of carbonyl (C=O) groups is 1. The summed E-state index contributed by atoms with van der Waals surface area (Å²) in [6.45, 7) is 4.22. The van der Waals surface area contributed by atoms with Gasteiger partial charge in [-0.05, 0) is 31.2 Å². The van der Waals surface area contributed by atoms with Crippen molar-refractivity contribution in [3.05, 3.63) is 47.7 Å². The summed E-state index contributed by atoms with van der Waals surface area (Å²) in [5, 5.41) is 6.60. The van der Waals surface area contributed by atoms with Gasteiger partial charge in [-0.2, -0.15) is 9.29 Å². The Hall–Kier alpha value is -2.92. The van der Waals surface area contributed by atoms with Gasteiger partial charge in [0.15, 0.2) is 5.82 Å². The standard InChI is InChI=1S/C19H24N6O4S/c1-14-21-17(29-22-14)7-8-20-19(26)15-3-4-16-5-6-18(25(16)13-15)23-9-11-24(12-10-23)30(2,27)28/h3-6,13H,7-12H2,1-2H3,(H,20,26). The van der Waals surface area contributed by atoms with E-state index in [1.807, 2.05) is 22.6 Å². The molecule has 0 aromatic carbocycles. The van der Waals surface area contributed by atoms with Gasteiger partial charge in [0.05, 0.1) is 11.8 Å². The molecule has 30 heavy (non-hydrogen) atoms. The molecule has 1 amide bonds. The fourth-order valence-corrected chi connectivity index (χ4v) is 4.38.